The van der Waals surface area contributed by atoms with Gasteiger partial charge in [0.2, 0.25) is 10.0 Å². The highest BCUT2D eigenvalue weighted by molar-refractivity contribution is 7.89. The molecular formula is C16H16ClN3O3S. The van der Waals surface area contributed by atoms with Crippen molar-refractivity contribution in [1.82, 2.24) is 14.3 Å². The summed E-state index contributed by atoms with van der Waals surface area (Å²) < 4.78 is 28.4. The summed E-state index contributed by atoms with van der Waals surface area (Å²) in [5.41, 5.74) is 1.38. The van der Waals surface area contributed by atoms with Gasteiger partial charge in [0, 0.05) is 18.1 Å². The van der Waals surface area contributed by atoms with E-state index in [0.29, 0.717) is 18.0 Å². The molecule has 2 aromatic carbocycles. The van der Waals surface area contributed by atoms with Gasteiger partial charge < -0.3 is 4.98 Å². The Morgan fingerprint density at radius 3 is 2.54 bits per heavy atom. The number of rotatable bonds is 6. The standard InChI is InChI=1S/C16H16ClN3O3S/c17-12-6-8-13(9-7-12)24(22,23)18-10-3-11-20-15-5-2-1-4-14(15)19-16(20)21/h1-2,4-9,18H,3,10-11H2,(H,19,21). The largest absolute Gasteiger partial charge is 0.326 e. The van der Waals surface area contributed by atoms with Crippen LogP contribution in [0, 0.1) is 0 Å². The summed E-state index contributed by atoms with van der Waals surface area (Å²) in [6, 6.07) is 13.4. The highest BCUT2D eigenvalue weighted by atomic mass is 35.5. The van der Waals surface area contributed by atoms with Crippen molar-refractivity contribution in [2.75, 3.05) is 6.54 Å². The first kappa shape index (κ1) is 16.8. The first-order valence-corrected chi connectivity index (χ1v) is 9.26. The van der Waals surface area contributed by atoms with E-state index < -0.39 is 10.0 Å². The maximum Gasteiger partial charge on any atom is 0.326 e. The third-order valence-corrected chi connectivity index (χ3v) is 5.39. The Hall–Kier alpha value is -2.09. The van der Waals surface area contributed by atoms with Gasteiger partial charge in [0.25, 0.3) is 0 Å². The number of halogens is 1. The van der Waals surface area contributed by atoms with Gasteiger partial charge in [0.1, 0.15) is 0 Å². The highest BCUT2D eigenvalue weighted by Crippen LogP contribution is 2.14. The summed E-state index contributed by atoms with van der Waals surface area (Å²) in [6.45, 7) is 0.656. The fraction of sp³-hybridized carbons (Fsp3) is 0.188. The van der Waals surface area contributed by atoms with Crippen LogP contribution in [0.4, 0.5) is 0 Å². The number of hydrogen-bond donors (Lipinski definition) is 2. The predicted octanol–water partition coefficient (Wildman–Crippen LogP) is 2.35. The number of para-hydroxylation sites is 2. The zero-order valence-corrected chi connectivity index (χ0v) is 14.3. The second-order valence-electron chi connectivity index (χ2n) is 5.30. The van der Waals surface area contributed by atoms with Crippen molar-refractivity contribution >= 4 is 32.7 Å². The van der Waals surface area contributed by atoms with Crippen LogP contribution in [0.3, 0.4) is 0 Å². The average molecular weight is 366 g/mol. The van der Waals surface area contributed by atoms with Crippen molar-refractivity contribution in [2.45, 2.75) is 17.9 Å². The van der Waals surface area contributed by atoms with Crippen molar-refractivity contribution in [2.24, 2.45) is 0 Å². The van der Waals surface area contributed by atoms with Crippen molar-refractivity contribution in [3.63, 3.8) is 0 Å². The van der Waals surface area contributed by atoms with E-state index in [9.17, 15) is 13.2 Å². The van der Waals surface area contributed by atoms with Gasteiger partial charge in [-0.3, -0.25) is 4.57 Å². The number of fused-ring (bicyclic) bond motifs is 1. The van der Waals surface area contributed by atoms with E-state index in [1.807, 2.05) is 24.3 Å². The van der Waals surface area contributed by atoms with Crippen molar-refractivity contribution in [3.8, 4) is 0 Å². The minimum Gasteiger partial charge on any atom is -0.306 e. The molecule has 0 fully saturated rings. The molecule has 0 radical (unpaired) electrons. The van der Waals surface area contributed by atoms with E-state index in [4.69, 9.17) is 11.6 Å². The first-order chi connectivity index (χ1) is 11.5. The molecule has 0 bridgehead atoms. The third-order valence-electron chi connectivity index (χ3n) is 3.66. The number of aromatic nitrogens is 2. The van der Waals surface area contributed by atoms with Crippen LogP contribution in [-0.2, 0) is 16.6 Å². The van der Waals surface area contributed by atoms with E-state index >= 15 is 0 Å². The summed E-state index contributed by atoms with van der Waals surface area (Å²) >= 11 is 5.76. The molecule has 0 saturated heterocycles. The van der Waals surface area contributed by atoms with Crippen LogP contribution in [-0.4, -0.2) is 24.5 Å². The number of nitrogens with zero attached hydrogens (tertiary/aromatic N) is 1. The van der Waals surface area contributed by atoms with E-state index in [1.165, 1.54) is 24.3 Å². The fourth-order valence-corrected chi connectivity index (χ4v) is 3.67. The molecule has 0 saturated carbocycles. The molecule has 0 unspecified atom stereocenters. The number of aromatic amines is 1. The van der Waals surface area contributed by atoms with Crippen LogP contribution >= 0.6 is 11.6 Å². The van der Waals surface area contributed by atoms with Crippen molar-refractivity contribution in [1.29, 1.82) is 0 Å². The van der Waals surface area contributed by atoms with E-state index in [1.54, 1.807) is 4.57 Å². The molecule has 0 aliphatic rings. The van der Waals surface area contributed by atoms with Gasteiger partial charge in [0.15, 0.2) is 0 Å². The lowest BCUT2D eigenvalue weighted by atomic mass is 10.3. The van der Waals surface area contributed by atoms with Crippen LogP contribution in [0.1, 0.15) is 6.42 Å². The van der Waals surface area contributed by atoms with Gasteiger partial charge in [0.05, 0.1) is 15.9 Å². The molecule has 6 nitrogen and oxygen atoms in total. The first-order valence-electron chi connectivity index (χ1n) is 7.40. The van der Waals surface area contributed by atoms with E-state index in [-0.39, 0.29) is 17.1 Å². The van der Waals surface area contributed by atoms with Gasteiger partial charge in [-0.2, -0.15) is 0 Å². The highest BCUT2D eigenvalue weighted by Gasteiger charge is 2.13. The number of aryl methyl sites for hydroxylation is 1. The van der Waals surface area contributed by atoms with Crippen LogP contribution < -0.4 is 10.4 Å². The number of nitrogens with one attached hydrogen (secondary N) is 2. The number of imidazole rings is 1. The number of H-pyrrole nitrogens is 1. The number of sulfonamides is 1. The van der Waals surface area contributed by atoms with E-state index in [0.717, 1.165) is 11.0 Å². The average Bonchev–Trinajstić information content (AvgIpc) is 2.87. The van der Waals surface area contributed by atoms with Crippen LogP contribution in [0.15, 0.2) is 58.2 Å². The second-order valence-corrected chi connectivity index (χ2v) is 7.51. The Morgan fingerprint density at radius 1 is 1.08 bits per heavy atom. The Kier molecular flexibility index (Phi) is 4.75. The summed E-state index contributed by atoms with van der Waals surface area (Å²) in [5.74, 6) is 0. The molecule has 0 aliphatic heterocycles. The zero-order valence-electron chi connectivity index (χ0n) is 12.7. The molecule has 0 aliphatic carbocycles. The fourth-order valence-electron chi connectivity index (χ4n) is 2.47. The van der Waals surface area contributed by atoms with Crippen LogP contribution in [0.5, 0.6) is 0 Å². The van der Waals surface area contributed by atoms with Gasteiger partial charge in [-0.05, 0) is 42.8 Å². The monoisotopic (exact) mass is 365 g/mol. The van der Waals surface area contributed by atoms with Crippen LogP contribution in [0.25, 0.3) is 11.0 Å². The predicted molar refractivity (Wildman–Crippen MR) is 93.8 cm³/mol. The molecule has 126 valence electrons. The summed E-state index contributed by atoms with van der Waals surface area (Å²) in [7, 11) is -3.57. The molecule has 0 amide bonds. The maximum atomic E-state index is 12.2. The lowest BCUT2D eigenvalue weighted by Crippen LogP contribution is -2.26. The van der Waals surface area contributed by atoms with Crippen molar-refractivity contribution in [3.05, 3.63) is 64.0 Å². The SMILES string of the molecule is O=c1[nH]c2ccccc2n1CCCNS(=O)(=O)c1ccc(Cl)cc1. The van der Waals surface area contributed by atoms with Gasteiger partial charge >= 0.3 is 5.69 Å². The van der Waals surface area contributed by atoms with Gasteiger partial charge in [-0.1, -0.05) is 23.7 Å². The normalized spacial score (nSPS) is 11.9. The second kappa shape index (κ2) is 6.80. The molecule has 0 spiro atoms. The van der Waals surface area contributed by atoms with E-state index in [2.05, 4.69) is 9.71 Å². The third kappa shape index (κ3) is 3.53. The molecule has 3 aromatic rings. The zero-order chi connectivity index (χ0) is 17.2. The topological polar surface area (TPSA) is 84.0 Å². The molecular weight excluding hydrogens is 350 g/mol. The lowest BCUT2D eigenvalue weighted by Gasteiger charge is -2.07. The van der Waals surface area contributed by atoms with Crippen molar-refractivity contribution < 1.29 is 8.42 Å². The van der Waals surface area contributed by atoms with Gasteiger partial charge in [-0.15, -0.1) is 0 Å². The Bertz CT molecular complexity index is 1010. The molecule has 1 heterocycles. The quantitative estimate of drug-likeness (QED) is 0.658. The number of benzene rings is 2. The summed E-state index contributed by atoms with van der Waals surface area (Å²) in [5, 5.41) is 0.479. The minimum absolute atomic E-state index is 0.163. The van der Waals surface area contributed by atoms with Crippen LogP contribution in [0.2, 0.25) is 5.02 Å². The molecule has 3 rings (SSSR count). The smallest absolute Gasteiger partial charge is 0.306 e. The van der Waals surface area contributed by atoms with Gasteiger partial charge in [-0.25, -0.2) is 17.9 Å². The molecule has 2 N–H and O–H groups in total. The summed E-state index contributed by atoms with van der Waals surface area (Å²) in [6.07, 6.45) is 0.495. The Labute approximate surface area is 144 Å². The molecule has 24 heavy (non-hydrogen) atoms. The lowest BCUT2D eigenvalue weighted by molar-refractivity contribution is 0.570. The molecule has 0 atom stereocenters. The number of hydrogen-bond acceptors (Lipinski definition) is 3. The molecule has 1 aromatic heterocycles. The Balaban J connectivity index is 1.63. The Morgan fingerprint density at radius 2 is 1.79 bits per heavy atom. The molecule has 8 heteroatoms. The maximum absolute atomic E-state index is 12.2. The summed E-state index contributed by atoms with van der Waals surface area (Å²) in [4.78, 5) is 14.9. The minimum atomic E-state index is -3.57.